The zero-order valence-electron chi connectivity index (χ0n) is 88.3. The minimum absolute atomic E-state index is 0. The van der Waals surface area contributed by atoms with E-state index in [2.05, 4.69) is 97.9 Å². The van der Waals surface area contributed by atoms with Crippen LogP contribution in [0.3, 0.4) is 0 Å². The Bertz CT molecular complexity index is 4640. The quantitative estimate of drug-likeness (QED) is 0.0130. The van der Waals surface area contributed by atoms with Crippen LogP contribution in [0.25, 0.3) is 89.7 Å². The molecular formula is C112H168CuN16O16. The van der Waals surface area contributed by atoms with E-state index in [4.69, 9.17) is 77.8 Å². The van der Waals surface area contributed by atoms with Gasteiger partial charge in [0.2, 0.25) is 0 Å². The molecule has 803 valence electrons. The summed E-state index contributed by atoms with van der Waals surface area (Å²) in [7, 11) is 0. The molecule has 32 nitrogen and oxygen atoms in total. The average Bonchev–Trinajstić information content (AvgIpc) is 1.58. The maximum absolute atomic E-state index is 14.0. The molecule has 0 aliphatic carbocycles. The molecule has 145 heavy (non-hydrogen) atoms. The number of unbranched alkanes of at least 4 members (excludes halogenated alkanes) is 40. The van der Waals surface area contributed by atoms with E-state index in [9.17, 15) is 38.4 Å². The topological polar surface area (TPSA) is 412 Å². The van der Waals surface area contributed by atoms with Crippen molar-refractivity contribution in [3.8, 4) is 91.5 Å². The summed E-state index contributed by atoms with van der Waals surface area (Å²) in [6.07, 6.45) is 48.8. The van der Waals surface area contributed by atoms with E-state index < -0.39 is 100 Å². The van der Waals surface area contributed by atoms with Crippen molar-refractivity contribution >= 4 is 91.4 Å². The van der Waals surface area contributed by atoms with Crippen molar-refractivity contribution in [1.82, 2.24) is 82.4 Å². The number of carbonyl (C=O) groups is 8. The molecule has 2 aliphatic rings. The molecule has 0 saturated heterocycles. The first-order chi connectivity index (χ1) is 70.5. The Morgan fingerprint density at radius 1 is 0.193 bits per heavy atom. The zero-order valence-corrected chi connectivity index (χ0v) is 89.2. The van der Waals surface area contributed by atoms with Crippen LogP contribution in [-0.4, -0.2) is 182 Å². The van der Waals surface area contributed by atoms with Crippen LogP contribution in [0.4, 0.5) is 0 Å². The number of hydrogen-bond donors (Lipinski definition) is 8. The van der Waals surface area contributed by atoms with Crippen LogP contribution in [0.5, 0.6) is 46.0 Å². The summed E-state index contributed by atoms with van der Waals surface area (Å²) in [5.74, 6) is -2.88. The molecule has 33 heteroatoms. The standard InChI is InChI=1S/C112H170N16O16.Cu/c1-9-17-25-33-41-49-57-113-97(129)73-137-89-65-81-82(66-90(89)138-74-98(130)114-58-50-42-34-26-18-10-2)106-121-105(81)125-107-83-67-91(139-75-99(131)115-59-51-43-35-27-19-11-3)92(140-76-100(132)116-60-52-44-36-28-20-12-4)68-84(83)109(122-107)127-111-87-71-95(143-79-103(135)119-63-55-47-39-31-23-15-7)96(144-80-104(136)120-64-56-48-40-32-24-16-8)72-88(87)112(124-111)128-110-86-70-94(142-78-102(134)118-62-54-46-38-30-22-14-6)93(69-85(86)108(123-110)126-106)141-77-101(133)117-61-53-45-37-29-21-13-5;/h65-72H,9-64,73-80H2,1-8H3,(H10,113,114,115,116,117,118,119,120,121,122,123,124,125,126,127,128,129,130,131,132,133,134,135,136);/q;+2/p-2. The Labute approximate surface area is 870 Å². The van der Waals surface area contributed by atoms with Gasteiger partial charge in [-0.3, -0.25) is 38.4 Å². The normalized spacial score (nSPS) is 11.3. The van der Waals surface area contributed by atoms with Gasteiger partial charge in [-0.15, -0.1) is 0 Å². The third kappa shape index (κ3) is 43.5. The van der Waals surface area contributed by atoms with Gasteiger partial charge in [0.15, 0.2) is 98.9 Å². The summed E-state index contributed by atoms with van der Waals surface area (Å²) in [4.78, 5) is 155. The van der Waals surface area contributed by atoms with Crippen molar-refractivity contribution in [3.63, 3.8) is 0 Å². The van der Waals surface area contributed by atoms with E-state index in [1.165, 1.54) is 0 Å². The zero-order chi connectivity index (χ0) is 102. The van der Waals surface area contributed by atoms with Crippen LogP contribution in [-0.2, 0) is 55.4 Å². The van der Waals surface area contributed by atoms with Crippen molar-refractivity contribution < 1.29 is 93.3 Å². The number of nitrogens with one attached hydrogen (secondary N) is 8. The number of benzene rings is 4. The van der Waals surface area contributed by atoms with Crippen LogP contribution in [0, 0.1) is 0 Å². The molecule has 8 N–H and O–H groups in total. The van der Waals surface area contributed by atoms with Crippen molar-refractivity contribution in [2.24, 2.45) is 0 Å². The Kier molecular flexibility index (Phi) is 58.1. The predicted molar refractivity (Wildman–Crippen MR) is 569 cm³/mol. The second-order valence-corrected chi connectivity index (χ2v) is 38.1. The molecule has 8 amide bonds. The smallest absolute Gasteiger partial charge is 0.480 e. The van der Waals surface area contributed by atoms with Crippen LogP contribution in [0.1, 0.15) is 364 Å². The molecule has 0 saturated carbocycles. The van der Waals surface area contributed by atoms with Gasteiger partial charge in [0, 0.05) is 97.2 Å². The first kappa shape index (κ1) is 119. The second-order valence-electron chi connectivity index (χ2n) is 38.1. The van der Waals surface area contributed by atoms with Crippen LogP contribution in [0.2, 0.25) is 0 Å². The van der Waals surface area contributed by atoms with Gasteiger partial charge in [-0.2, -0.15) is 0 Å². The van der Waals surface area contributed by atoms with Gasteiger partial charge in [-0.1, -0.05) is 312 Å². The molecular weight excluding hydrogens is 1890 g/mol. The number of amides is 8. The fourth-order valence-corrected chi connectivity index (χ4v) is 17.2. The molecule has 0 fully saturated rings. The van der Waals surface area contributed by atoms with Crippen molar-refractivity contribution in [2.75, 3.05) is 105 Å². The summed E-state index contributed by atoms with van der Waals surface area (Å²) in [5, 5.41) is 25.3. The van der Waals surface area contributed by atoms with Crippen LogP contribution >= 0.6 is 0 Å². The van der Waals surface area contributed by atoms with Gasteiger partial charge in [-0.25, -0.2) is 9.97 Å². The van der Waals surface area contributed by atoms with E-state index in [-0.39, 0.29) is 153 Å². The average molecular weight is 2060 g/mol. The van der Waals surface area contributed by atoms with E-state index in [0.29, 0.717) is 52.4 Å². The Morgan fingerprint density at radius 3 is 0.469 bits per heavy atom. The number of ether oxygens (including phenoxy) is 8. The number of carbonyl (C=O) groups excluding carboxylic acids is 8. The maximum Gasteiger partial charge on any atom is 2.00 e. The molecule has 3 aromatic heterocycles. The van der Waals surface area contributed by atoms with E-state index in [1.807, 2.05) is 0 Å². The molecule has 2 aliphatic heterocycles. The van der Waals surface area contributed by atoms with Crippen LogP contribution in [0.15, 0.2) is 48.5 Å². The summed E-state index contributed by atoms with van der Waals surface area (Å²) in [6, 6.07) is 12.9. The minimum atomic E-state index is -0.458. The van der Waals surface area contributed by atoms with Crippen molar-refractivity contribution in [2.45, 2.75) is 364 Å². The third-order valence-electron chi connectivity index (χ3n) is 25.6. The monoisotopic (exact) mass is 2060 g/mol. The van der Waals surface area contributed by atoms with Crippen LogP contribution < -0.4 is 90.4 Å². The summed E-state index contributed by atoms with van der Waals surface area (Å²) < 4.78 is 52.3. The summed E-state index contributed by atoms with van der Waals surface area (Å²) in [6.45, 7) is 17.1. The largest absolute Gasteiger partial charge is 2.00 e. The summed E-state index contributed by atoms with van der Waals surface area (Å²) in [5.41, 5.74) is 1.10. The van der Waals surface area contributed by atoms with E-state index in [1.54, 1.807) is 48.5 Å². The molecule has 7 aromatic rings. The molecule has 8 bridgehead atoms. The molecule has 9 rings (SSSR count). The Balaban J connectivity index is 0.0000257. The summed E-state index contributed by atoms with van der Waals surface area (Å²) >= 11 is 0. The molecule has 1 radical (unpaired) electrons. The maximum atomic E-state index is 14.0. The minimum Gasteiger partial charge on any atom is -0.480 e. The van der Waals surface area contributed by atoms with Crippen molar-refractivity contribution in [1.29, 1.82) is 0 Å². The fourth-order valence-electron chi connectivity index (χ4n) is 17.2. The second kappa shape index (κ2) is 70.7. The van der Waals surface area contributed by atoms with Gasteiger partial charge in [0.1, 0.15) is 0 Å². The van der Waals surface area contributed by atoms with Crippen molar-refractivity contribution in [3.05, 3.63) is 48.5 Å². The van der Waals surface area contributed by atoms with Gasteiger partial charge >= 0.3 is 17.1 Å². The first-order valence-electron chi connectivity index (χ1n) is 55.1. The fraction of sp³-hybridized carbons (Fsp3) is 0.643. The number of hydrogen-bond acceptors (Lipinski definition) is 22. The van der Waals surface area contributed by atoms with Gasteiger partial charge in [0.25, 0.3) is 47.3 Å². The molecule has 0 atom stereocenters. The van der Waals surface area contributed by atoms with E-state index >= 15 is 0 Å². The molecule has 0 spiro atoms. The van der Waals surface area contributed by atoms with Gasteiger partial charge < -0.3 is 110 Å². The third-order valence-corrected chi connectivity index (χ3v) is 25.6. The van der Waals surface area contributed by atoms with Gasteiger partial charge in [0.05, 0.1) is 23.3 Å². The predicted octanol–water partition coefficient (Wildman–Crippen LogP) is 21.0. The Morgan fingerprint density at radius 2 is 0.324 bits per heavy atom. The SMILES string of the molecule is CCCCCCCCNC(=O)COc1cc2c(cc1OCC(=O)NCCCCCCCC)-c1nc-2nc2[n-]c(nc3nc(nc4[n-]c(n1)c1cc(OCC(=O)NCCCCCCCC)c(OCC(=O)NCCCCCCCC)cc41)-c1cc(OCC(=O)NCCCCCCCC)c(OCC(=O)NCCCCCCCC)cc1-3)c1cc(OCC(=O)NCCCCCCCC)c(OCC(=O)NCCCCCCCC)cc21.[Cu+2]. The number of aromatic nitrogens is 8. The first-order valence-corrected chi connectivity index (χ1v) is 55.1. The molecule has 4 aromatic carbocycles. The number of nitrogens with zero attached hydrogens (tertiary/aromatic N) is 8. The molecule has 0 unspecified atom stereocenters. The van der Waals surface area contributed by atoms with E-state index in [0.717, 1.165) is 308 Å². The number of fused-ring (bicyclic) bond motifs is 20. The number of rotatable bonds is 80. The molecule has 5 heterocycles. The van der Waals surface area contributed by atoms with Gasteiger partial charge in [-0.05, 0) is 121 Å². The Hall–Kier alpha value is -11.1.